The average molecular weight is 344 g/mol. The molecule has 4 atom stereocenters. The lowest BCUT2D eigenvalue weighted by molar-refractivity contribution is -0.0554. The summed E-state index contributed by atoms with van der Waals surface area (Å²) in [5, 5.41) is 30.8. The van der Waals surface area contributed by atoms with Gasteiger partial charge in [-0.3, -0.25) is 9.88 Å². The molecule has 0 aromatic carbocycles. The Morgan fingerprint density at radius 1 is 1.42 bits per heavy atom. The van der Waals surface area contributed by atoms with Crippen LogP contribution in [0.3, 0.4) is 0 Å². The number of anilines is 1. The van der Waals surface area contributed by atoms with Crippen LogP contribution in [-0.4, -0.2) is 66.5 Å². The number of ether oxygens (including phenoxy) is 2. The Balaban J connectivity index is 2.13. The molecule has 134 valence electrons. The summed E-state index contributed by atoms with van der Waals surface area (Å²) in [4.78, 5) is 31.0. The molecule has 1 aromatic rings. The van der Waals surface area contributed by atoms with E-state index in [0.717, 1.165) is 10.9 Å². The van der Waals surface area contributed by atoms with Crippen molar-refractivity contribution in [2.75, 3.05) is 11.9 Å². The molecule has 0 saturated carbocycles. The van der Waals surface area contributed by atoms with Crippen molar-refractivity contribution in [3.05, 3.63) is 16.8 Å². The number of amides is 1. The first-order valence-electron chi connectivity index (χ1n) is 7.20. The zero-order valence-corrected chi connectivity index (χ0v) is 13.4. The van der Waals surface area contributed by atoms with Gasteiger partial charge in [0.05, 0.1) is 6.61 Å². The molecule has 11 nitrogen and oxygen atoms in total. The number of aromatic nitrogens is 3. The van der Waals surface area contributed by atoms with Crippen LogP contribution in [0.25, 0.3) is 0 Å². The Labute approximate surface area is 136 Å². The zero-order valence-electron chi connectivity index (χ0n) is 13.4. The molecule has 2 rings (SSSR count). The second kappa shape index (κ2) is 6.81. The number of carbonyl (C=O) groups is 1. The normalized spacial score (nSPS) is 27.1. The molecule has 0 spiro atoms. The fraction of sp³-hybridized carbons (Fsp3) is 0.692. The summed E-state index contributed by atoms with van der Waals surface area (Å²) in [5.74, 6) is -0.280. The van der Waals surface area contributed by atoms with Crippen molar-refractivity contribution in [3.8, 4) is 0 Å². The Morgan fingerprint density at radius 2 is 2.08 bits per heavy atom. The van der Waals surface area contributed by atoms with Crippen LogP contribution >= 0.6 is 0 Å². The maximum Gasteiger partial charge on any atom is 0.414 e. The lowest BCUT2D eigenvalue weighted by atomic mass is 10.1. The number of hydrogen-bond acceptors (Lipinski definition) is 9. The highest BCUT2D eigenvalue weighted by molar-refractivity contribution is 5.82. The number of rotatable bonds is 3. The molecule has 0 unspecified atom stereocenters. The Morgan fingerprint density at radius 3 is 2.58 bits per heavy atom. The number of nitrogens with one attached hydrogen (secondary N) is 1. The zero-order chi connectivity index (χ0) is 18.1. The Bertz CT molecular complexity index is 656. The maximum atomic E-state index is 12.0. The molecule has 1 aliphatic rings. The summed E-state index contributed by atoms with van der Waals surface area (Å²) >= 11 is 0. The summed E-state index contributed by atoms with van der Waals surface area (Å²) in [7, 11) is 0. The number of carbonyl (C=O) groups excluding carboxylic acids is 1. The molecule has 1 aliphatic heterocycles. The Kier molecular flexibility index (Phi) is 5.18. The van der Waals surface area contributed by atoms with Crippen LogP contribution in [0.5, 0.6) is 0 Å². The smallest absolute Gasteiger partial charge is 0.414 e. The lowest BCUT2D eigenvalue weighted by Gasteiger charge is -2.19. The van der Waals surface area contributed by atoms with Crippen LogP contribution in [0.15, 0.2) is 11.1 Å². The van der Waals surface area contributed by atoms with Crippen LogP contribution < -0.4 is 11.0 Å². The molecular weight excluding hydrogens is 324 g/mol. The standard InChI is InChI=1S/C13H20N4O7/c1-13(2,3)24-12(22)16-10-14-5-17(11(21)15-10)9-8(20)7(19)6(4-18)23-9/h5-9,18-20H,4H2,1-3H3,(H,15,16,21,22)/t6-,7-,8-,9-/m1/s1. The van der Waals surface area contributed by atoms with Crippen LogP contribution in [-0.2, 0) is 9.47 Å². The van der Waals surface area contributed by atoms with E-state index in [0.29, 0.717) is 0 Å². The molecule has 4 N–H and O–H groups in total. The molecule has 1 saturated heterocycles. The third kappa shape index (κ3) is 4.06. The summed E-state index contributed by atoms with van der Waals surface area (Å²) in [6.07, 6.45) is -4.90. The Hall–Kier alpha value is -2.08. The molecule has 24 heavy (non-hydrogen) atoms. The van der Waals surface area contributed by atoms with Gasteiger partial charge in [0, 0.05) is 0 Å². The minimum atomic E-state index is -1.44. The van der Waals surface area contributed by atoms with Gasteiger partial charge in [0.15, 0.2) is 6.23 Å². The van der Waals surface area contributed by atoms with E-state index in [2.05, 4.69) is 15.3 Å². The molecular formula is C13H20N4O7. The van der Waals surface area contributed by atoms with Crippen molar-refractivity contribution in [1.29, 1.82) is 0 Å². The van der Waals surface area contributed by atoms with Gasteiger partial charge in [-0.15, -0.1) is 0 Å². The average Bonchev–Trinajstić information content (AvgIpc) is 2.73. The van der Waals surface area contributed by atoms with Crippen molar-refractivity contribution >= 4 is 12.0 Å². The largest absolute Gasteiger partial charge is 0.444 e. The molecule has 1 fully saturated rings. The van der Waals surface area contributed by atoms with Crippen LogP contribution in [0.2, 0.25) is 0 Å². The molecule has 2 heterocycles. The fourth-order valence-corrected chi connectivity index (χ4v) is 2.08. The van der Waals surface area contributed by atoms with Crippen molar-refractivity contribution in [1.82, 2.24) is 14.5 Å². The first-order chi connectivity index (χ1) is 11.1. The number of aliphatic hydroxyl groups is 3. The topological polar surface area (TPSA) is 156 Å². The van der Waals surface area contributed by atoms with Gasteiger partial charge in [0.1, 0.15) is 30.2 Å². The van der Waals surface area contributed by atoms with Gasteiger partial charge in [0.2, 0.25) is 5.95 Å². The monoisotopic (exact) mass is 344 g/mol. The molecule has 1 amide bonds. The SMILES string of the molecule is CC(C)(C)OC(=O)Nc1ncn([C@@H]2O[C@H](CO)[C@@H](O)[C@H]2O)c(=O)n1. The number of aliphatic hydroxyl groups excluding tert-OH is 3. The van der Waals surface area contributed by atoms with Crippen molar-refractivity contribution in [2.24, 2.45) is 0 Å². The lowest BCUT2D eigenvalue weighted by Crippen LogP contribution is -2.36. The van der Waals surface area contributed by atoms with E-state index in [-0.39, 0.29) is 5.95 Å². The van der Waals surface area contributed by atoms with E-state index < -0.39 is 48.5 Å². The summed E-state index contributed by atoms with van der Waals surface area (Å²) in [6.45, 7) is 4.50. The molecule has 0 aliphatic carbocycles. The van der Waals surface area contributed by atoms with Crippen LogP contribution in [0, 0.1) is 0 Å². The van der Waals surface area contributed by atoms with Crippen molar-refractivity contribution in [2.45, 2.75) is 50.9 Å². The molecule has 0 bridgehead atoms. The highest BCUT2D eigenvalue weighted by Gasteiger charge is 2.43. The summed E-state index contributed by atoms with van der Waals surface area (Å²) in [5.41, 5.74) is -1.60. The molecule has 11 heteroatoms. The van der Waals surface area contributed by atoms with Crippen LogP contribution in [0.4, 0.5) is 10.7 Å². The van der Waals surface area contributed by atoms with Gasteiger partial charge < -0.3 is 24.8 Å². The van der Waals surface area contributed by atoms with E-state index in [1.54, 1.807) is 20.8 Å². The van der Waals surface area contributed by atoms with Gasteiger partial charge >= 0.3 is 11.8 Å². The number of nitrogens with zero attached hydrogens (tertiary/aromatic N) is 3. The quantitative estimate of drug-likeness (QED) is 0.517. The minimum Gasteiger partial charge on any atom is -0.444 e. The first-order valence-corrected chi connectivity index (χ1v) is 7.20. The highest BCUT2D eigenvalue weighted by atomic mass is 16.6. The minimum absolute atomic E-state index is 0.280. The van der Waals surface area contributed by atoms with E-state index in [4.69, 9.17) is 14.6 Å². The predicted octanol–water partition coefficient (Wildman–Crippen LogP) is -1.40. The fourth-order valence-electron chi connectivity index (χ4n) is 2.08. The summed E-state index contributed by atoms with van der Waals surface area (Å²) < 4.78 is 11.1. The predicted molar refractivity (Wildman–Crippen MR) is 79.2 cm³/mol. The van der Waals surface area contributed by atoms with Gasteiger partial charge in [0.25, 0.3) is 0 Å². The van der Waals surface area contributed by atoms with E-state index in [1.807, 2.05) is 0 Å². The molecule has 0 radical (unpaired) electrons. The molecule has 1 aromatic heterocycles. The van der Waals surface area contributed by atoms with E-state index in [1.165, 1.54) is 0 Å². The van der Waals surface area contributed by atoms with Gasteiger partial charge in [-0.05, 0) is 20.8 Å². The van der Waals surface area contributed by atoms with Gasteiger partial charge in [-0.25, -0.2) is 14.6 Å². The van der Waals surface area contributed by atoms with Crippen molar-refractivity contribution < 1.29 is 29.6 Å². The van der Waals surface area contributed by atoms with Crippen LogP contribution in [0.1, 0.15) is 27.0 Å². The van der Waals surface area contributed by atoms with Gasteiger partial charge in [-0.1, -0.05) is 0 Å². The second-order valence-electron chi connectivity index (χ2n) is 6.23. The van der Waals surface area contributed by atoms with Gasteiger partial charge in [-0.2, -0.15) is 4.98 Å². The third-order valence-corrected chi connectivity index (χ3v) is 3.13. The third-order valence-electron chi connectivity index (χ3n) is 3.13. The van der Waals surface area contributed by atoms with E-state index in [9.17, 15) is 19.8 Å². The first kappa shape index (κ1) is 18.3. The van der Waals surface area contributed by atoms with E-state index >= 15 is 0 Å². The van der Waals surface area contributed by atoms with Crippen molar-refractivity contribution in [3.63, 3.8) is 0 Å². The number of hydrogen-bond donors (Lipinski definition) is 4. The maximum absolute atomic E-state index is 12.0. The summed E-state index contributed by atoms with van der Waals surface area (Å²) in [6, 6.07) is 0. The highest BCUT2D eigenvalue weighted by Crippen LogP contribution is 2.27. The second-order valence-corrected chi connectivity index (χ2v) is 6.23.